The van der Waals surface area contributed by atoms with Crippen LogP contribution in [0.3, 0.4) is 0 Å². The Hall–Kier alpha value is -1.70. The summed E-state index contributed by atoms with van der Waals surface area (Å²) in [5, 5.41) is 10.6. The highest BCUT2D eigenvalue weighted by Gasteiger charge is 2.39. The van der Waals surface area contributed by atoms with Crippen molar-refractivity contribution >= 4 is 40.9 Å². The zero-order valence-corrected chi connectivity index (χ0v) is 17.8. The minimum absolute atomic E-state index is 0.0818. The van der Waals surface area contributed by atoms with Gasteiger partial charge in [0.2, 0.25) is 5.91 Å². The second kappa shape index (κ2) is 8.58. The van der Waals surface area contributed by atoms with Gasteiger partial charge in [0, 0.05) is 58.0 Å². The van der Waals surface area contributed by atoms with Crippen LogP contribution in [0.5, 0.6) is 0 Å². The number of hydrogen-bond donors (Lipinski definition) is 1. The van der Waals surface area contributed by atoms with Gasteiger partial charge in [0.25, 0.3) is 0 Å². The van der Waals surface area contributed by atoms with Gasteiger partial charge >= 0.3 is 6.09 Å². The van der Waals surface area contributed by atoms with Gasteiger partial charge in [-0.2, -0.15) is 0 Å². The van der Waals surface area contributed by atoms with Crippen LogP contribution in [-0.2, 0) is 4.79 Å². The monoisotopic (exact) mass is 440 g/mol. The second-order valence-corrected chi connectivity index (χ2v) is 8.92. The molecule has 1 aliphatic carbocycles. The molecule has 1 aromatic carbocycles. The number of hydrogen-bond acceptors (Lipinski definition) is 4. The van der Waals surface area contributed by atoms with E-state index in [1.165, 1.54) is 17.7 Å². The summed E-state index contributed by atoms with van der Waals surface area (Å²) in [6, 6.07) is 4.92. The molecular weight excluding hydrogens is 415 g/mol. The Morgan fingerprint density at radius 3 is 2.34 bits per heavy atom. The molecule has 9 heteroatoms. The third kappa shape index (κ3) is 4.73. The maximum atomic E-state index is 13.2. The van der Waals surface area contributed by atoms with Crippen LogP contribution in [0.1, 0.15) is 12.8 Å². The van der Waals surface area contributed by atoms with Gasteiger partial charge in [-0.25, -0.2) is 4.79 Å². The minimum atomic E-state index is -1.01. The molecule has 2 amide bonds. The quantitative estimate of drug-likeness (QED) is 0.779. The molecule has 0 radical (unpaired) electrons. The lowest BCUT2D eigenvalue weighted by molar-refractivity contribution is -0.139. The molecule has 3 fully saturated rings. The Morgan fingerprint density at radius 2 is 1.72 bits per heavy atom. The Morgan fingerprint density at radius 1 is 1.00 bits per heavy atom. The van der Waals surface area contributed by atoms with Crippen molar-refractivity contribution in [3.8, 4) is 0 Å². The molecule has 2 saturated heterocycles. The van der Waals surface area contributed by atoms with Gasteiger partial charge in [0.15, 0.2) is 0 Å². The van der Waals surface area contributed by atoms with Crippen LogP contribution in [-0.4, -0.2) is 90.2 Å². The number of carbonyl (C=O) groups excluding carboxylic acids is 1. The first kappa shape index (κ1) is 20.6. The van der Waals surface area contributed by atoms with Gasteiger partial charge in [0.1, 0.15) is 6.04 Å². The van der Waals surface area contributed by atoms with Crippen molar-refractivity contribution in [1.82, 2.24) is 14.7 Å². The summed E-state index contributed by atoms with van der Waals surface area (Å²) in [5.41, 5.74) is 0.979. The van der Waals surface area contributed by atoms with Crippen LogP contribution in [0, 0.1) is 5.92 Å². The number of halogens is 2. The average Bonchev–Trinajstić information content (AvgIpc) is 3.53. The third-order valence-electron chi connectivity index (χ3n) is 6.07. The van der Waals surface area contributed by atoms with Crippen molar-refractivity contribution in [3.05, 3.63) is 28.2 Å². The number of piperazine rings is 2. The van der Waals surface area contributed by atoms with Gasteiger partial charge in [0.05, 0.1) is 10.0 Å². The summed E-state index contributed by atoms with van der Waals surface area (Å²) in [7, 11) is 0. The molecule has 0 aromatic heterocycles. The fourth-order valence-electron chi connectivity index (χ4n) is 4.19. The lowest BCUT2D eigenvalue weighted by atomic mass is 10.1. The molecule has 158 valence electrons. The van der Waals surface area contributed by atoms with Crippen molar-refractivity contribution in [2.45, 2.75) is 18.9 Å². The van der Waals surface area contributed by atoms with Crippen LogP contribution >= 0.6 is 23.2 Å². The number of rotatable bonds is 4. The second-order valence-electron chi connectivity index (χ2n) is 8.11. The van der Waals surface area contributed by atoms with E-state index in [9.17, 15) is 14.7 Å². The Labute approximate surface area is 180 Å². The zero-order valence-electron chi connectivity index (χ0n) is 16.3. The van der Waals surface area contributed by atoms with Crippen molar-refractivity contribution in [1.29, 1.82) is 0 Å². The molecule has 4 rings (SSSR count). The van der Waals surface area contributed by atoms with E-state index in [1.54, 1.807) is 11.0 Å². The van der Waals surface area contributed by atoms with E-state index in [0.717, 1.165) is 18.2 Å². The highest BCUT2D eigenvalue weighted by molar-refractivity contribution is 6.42. The van der Waals surface area contributed by atoms with E-state index in [0.29, 0.717) is 55.9 Å². The molecule has 1 saturated carbocycles. The topological polar surface area (TPSA) is 67.3 Å². The number of nitrogens with zero attached hydrogens (tertiary/aromatic N) is 4. The molecule has 29 heavy (non-hydrogen) atoms. The smallest absolute Gasteiger partial charge is 0.408 e. The SMILES string of the molecule is O=C([C@H]1CN(CC2CC2)CCN1C(=O)O)N1CCN(c2ccc(Cl)c(Cl)c2)CC1. The number of carbonyl (C=O) groups is 2. The third-order valence-corrected chi connectivity index (χ3v) is 6.81. The largest absolute Gasteiger partial charge is 0.465 e. The Kier molecular flexibility index (Phi) is 6.08. The number of amides is 2. The van der Waals surface area contributed by atoms with E-state index < -0.39 is 12.1 Å². The summed E-state index contributed by atoms with van der Waals surface area (Å²) >= 11 is 12.1. The summed E-state index contributed by atoms with van der Waals surface area (Å²) in [6.07, 6.45) is 1.48. The maximum absolute atomic E-state index is 13.2. The first-order chi connectivity index (χ1) is 13.9. The fourth-order valence-corrected chi connectivity index (χ4v) is 4.48. The normalized spacial score (nSPS) is 23.4. The van der Waals surface area contributed by atoms with E-state index >= 15 is 0 Å². The van der Waals surface area contributed by atoms with Crippen LogP contribution in [0.4, 0.5) is 10.5 Å². The van der Waals surface area contributed by atoms with Crippen molar-refractivity contribution in [2.75, 3.05) is 57.3 Å². The molecule has 2 aliphatic heterocycles. The molecule has 3 aliphatic rings. The number of carboxylic acid groups (broad SMARTS) is 1. The molecule has 1 N–H and O–H groups in total. The van der Waals surface area contributed by atoms with Crippen LogP contribution < -0.4 is 4.90 Å². The predicted octanol–water partition coefficient (Wildman–Crippen LogP) is 2.72. The predicted molar refractivity (Wildman–Crippen MR) is 113 cm³/mol. The van der Waals surface area contributed by atoms with Gasteiger partial charge in [-0.3, -0.25) is 14.6 Å². The van der Waals surface area contributed by atoms with Crippen LogP contribution in [0.25, 0.3) is 0 Å². The summed E-state index contributed by atoms with van der Waals surface area (Å²) in [4.78, 5) is 32.4. The summed E-state index contributed by atoms with van der Waals surface area (Å²) < 4.78 is 0. The summed E-state index contributed by atoms with van der Waals surface area (Å²) in [5.74, 6) is 0.638. The van der Waals surface area contributed by atoms with Gasteiger partial charge in [-0.15, -0.1) is 0 Å². The van der Waals surface area contributed by atoms with E-state index in [-0.39, 0.29) is 5.91 Å². The Bertz CT molecular complexity index is 781. The Balaban J connectivity index is 1.38. The number of anilines is 1. The molecule has 7 nitrogen and oxygen atoms in total. The standard InChI is InChI=1S/C20H26Cl2N4O3/c21-16-4-3-15(11-17(16)22)24-6-8-25(9-7-24)19(27)18-13-23(12-14-1-2-14)5-10-26(18)20(28)29/h3-4,11,14,18H,1-2,5-10,12-13H2,(H,28,29)/t18-/m1/s1. The van der Waals surface area contributed by atoms with Crippen LogP contribution in [0.15, 0.2) is 18.2 Å². The summed E-state index contributed by atoms with van der Waals surface area (Å²) in [6.45, 7) is 5.04. The van der Waals surface area contributed by atoms with Crippen molar-refractivity contribution in [3.63, 3.8) is 0 Å². The zero-order chi connectivity index (χ0) is 20.5. The van der Waals surface area contributed by atoms with E-state index in [1.807, 2.05) is 12.1 Å². The van der Waals surface area contributed by atoms with E-state index in [2.05, 4.69) is 9.80 Å². The van der Waals surface area contributed by atoms with Gasteiger partial charge in [-0.1, -0.05) is 23.2 Å². The minimum Gasteiger partial charge on any atom is -0.465 e. The highest BCUT2D eigenvalue weighted by atomic mass is 35.5. The highest BCUT2D eigenvalue weighted by Crippen LogP contribution is 2.31. The first-order valence-electron chi connectivity index (χ1n) is 10.1. The van der Waals surface area contributed by atoms with E-state index in [4.69, 9.17) is 23.2 Å². The lowest BCUT2D eigenvalue weighted by Gasteiger charge is -2.43. The molecule has 1 atom stereocenters. The van der Waals surface area contributed by atoms with Gasteiger partial charge in [-0.05, 0) is 37.0 Å². The molecule has 0 bridgehead atoms. The van der Waals surface area contributed by atoms with Crippen molar-refractivity contribution < 1.29 is 14.7 Å². The molecular formula is C20H26Cl2N4O3. The first-order valence-corrected chi connectivity index (χ1v) is 10.9. The maximum Gasteiger partial charge on any atom is 0.408 e. The molecule has 0 unspecified atom stereocenters. The molecule has 0 spiro atoms. The molecule has 2 heterocycles. The molecule has 1 aromatic rings. The van der Waals surface area contributed by atoms with Crippen molar-refractivity contribution in [2.24, 2.45) is 5.92 Å². The average molecular weight is 441 g/mol. The van der Waals surface area contributed by atoms with Gasteiger partial charge < -0.3 is 14.9 Å². The number of benzene rings is 1. The fraction of sp³-hybridized carbons (Fsp3) is 0.600. The van der Waals surface area contributed by atoms with Crippen LogP contribution in [0.2, 0.25) is 10.0 Å². The lowest BCUT2D eigenvalue weighted by Crippen LogP contribution is -2.62.